The monoisotopic (exact) mass is 232 g/mol. The third-order valence-corrected chi connectivity index (χ3v) is 2.88. The molecular weight excluding hydrogens is 220 g/mol. The van der Waals surface area contributed by atoms with E-state index in [9.17, 15) is 4.79 Å². The molecule has 2 aromatic heterocycles. The normalized spacial score (nSPS) is 16.4. The van der Waals surface area contributed by atoms with Gasteiger partial charge in [0, 0.05) is 19.3 Å². The van der Waals surface area contributed by atoms with E-state index in [1.165, 1.54) is 0 Å². The molecule has 1 amide bonds. The van der Waals surface area contributed by atoms with Gasteiger partial charge in [-0.2, -0.15) is 5.10 Å². The first kappa shape index (κ1) is 10.2. The van der Waals surface area contributed by atoms with Crippen LogP contribution in [0.25, 0.3) is 11.0 Å². The largest absolute Gasteiger partial charge is 0.378 e. The van der Waals surface area contributed by atoms with Crippen LogP contribution in [0, 0.1) is 0 Å². The molecule has 3 rings (SSSR count). The molecule has 3 heterocycles. The van der Waals surface area contributed by atoms with Crippen LogP contribution in [0.1, 0.15) is 10.4 Å². The Hall–Kier alpha value is -1.95. The van der Waals surface area contributed by atoms with Crippen molar-refractivity contribution >= 4 is 16.9 Å². The van der Waals surface area contributed by atoms with E-state index < -0.39 is 0 Å². The van der Waals surface area contributed by atoms with Crippen molar-refractivity contribution in [2.75, 3.05) is 26.3 Å². The van der Waals surface area contributed by atoms with Gasteiger partial charge in [0.15, 0.2) is 5.65 Å². The number of carbonyl (C=O) groups excluding carboxylic acids is 1. The summed E-state index contributed by atoms with van der Waals surface area (Å²) in [5.74, 6) is 0.0158. The molecule has 6 heteroatoms. The lowest BCUT2D eigenvalue weighted by molar-refractivity contribution is 0.0304. The predicted molar refractivity (Wildman–Crippen MR) is 60.6 cm³/mol. The summed E-state index contributed by atoms with van der Waals surface area (Å²) in [6.07, 6.45) is 3.25. The van der Waals surface area contributed by atoms with E-state index in [1.807, 2.05) is 0 Å². The molecule has 2 aromatic rings. The predicted octanol–water partition coefficient (Wildman–Crippen LogP) is 0.430. The number of nitrogens with one attached hydrogen (secondary N) is 1. The van der Waals surface area contributed by atoms with Gasteiger partial charge in [0.05, 0.1) is 30.4 Å². The number of ether oxygens (including phenoxy) is 1. The fraction of sp³-hybridized carbons (Fsp3) is 0.364. The van der Waals surface area contributed by atoms with E-state index >= 15 is 0 Å². The van der Waals surface area contributed by atoms with Crippen LogP contribution in [0.2, 0.25) is 0 Å². The lowest BCUT2D eigenvalue weighted by Gasteiger charge is -2.26. The molecule has 1 N–H and O–H groups in total. The summed E-state index contributed by atoms with van der Waals surface area (Å²) in [5.41, 5.74) is 1.29. The Balaban J connectivity index is 1.97. The number of pyridine rings is 1. The number of fused-ring (bicyclic) bond motifs is 1. The van der Waals surface area contributed by atoms with E-state index in [-0.39, 0.29) is 5.91 Å². The highest BCUT2D eigenvalue weighted by atomic mass is 16.5. The number of amides is 1. The number of hydrogen-bond donors (Lipinski definition) is 1. The van der Waals surface area contributed by atoms with Gasteiger partial charge >= 0.3 is 0 Å². The van der Waals surface area contributed by atoms with Crippen molar-refractivity contribution in [1.29, 1.82) is 0 Å². The van der Waals surface area contributed by atoms with E-state index in [2.05, 4.69) is 15.2 Å². The molecule has 1 aliphatic heterocycles. The van der Waals surface area contributed by atoms with Crippen molar-refractivity contribution in [3.05, 3.63) is 24.0 Å². The quantitative estimate of drug-likeness (QED) is 0.774. The molecule has 0 aliphatic carbocycles. The fourth-order valence-electron chi connectivity index (χ4n) is 1.97. The minimum atomic E-state index is 0.0158. The third kappa shape index (κ3) is 1.76. The molecule has 0 aromatic carbocycles. The zero-order chi connectivity index (χ0) is 11.7. The molecule has 0 atom stereocenters. The number of carbonyl (C=O) groups is 1. The van der Waals surface area contributed by atoms with Crippen LogP contribution in [0.15, 0.2) is 18.5 Å². The maximum Gasteiger partial charge on any atom is 0.254 e. The van der Waals surface area contributed by atoms with Gasteiger partial charge in [0.2, 0.25) is 0 Å². The summed E-state index contributed by atoms with van der Waals surface area (Å²) in [5, 5.41) is 7.44. The molecule has 0 bridgehead atoms. The Labute approximate surface area is 97.6 Å². The highest BCUT2D eigenvalue weighted by Crippen LogP contribution is 2.16. The number of aromatic nitrogens is 3. The third-order valence-electron chi connectivity index (χ3n) is 2.88. The molecular formula is C11H12N4O2. The highest BCUT2D eigenvalue weighted by molar-refractivity contribution is 6.05. The second-order valence-corrected chi connectivity index (χ2v) is 3.90. The molecule has 0 radical (unpaired) electrons. The summed E-state index contributed by atoms with van der Waals surface area (Å²) in [4.78, 5) is 18.2. The molecule has 0 unspecified atom stereocenters. The van der Waals surface area contributed by atoms with Crippen molar-refractivity contribution in [2.24, 2.45) is 0 Å². The number of aromatic amines is 1. The fourth-order valence-corrected chi connectivity index (χ4v) is 1.97. The summed E-state index contributed by atoms with van der Waals surface area (Å²) < 4.78 is 5.23. The molecule has 6 nitrogen and oxygen atoms in total. The number of rotatable bonds is 1. The Morgan fingerprint density at radius 2 is 2.24 bits per heavy atom. The van der Waals surface area contributed by atoms with Gasteiger partial charge in [-0.1, -0.05) is 0 Å². The number of H-pyrrole nitrogens is 1. The molecule has 1 aliphatic rings. The molecule has 0 saturated carbocycles. The minimum absolute atomic E-state index is 0.0158. The summed E-state index contributed by atoms with van der Waals surface area (Å²) in [6.45, 7) is 2.48. The van der Waals surface area contributed by atoms with E-state index in [0.717, 1.165) is 5.39 Å². The number of morpholine rings is 1. The zero-order valence-corrected chi connectivity index (χ0v) is 9.22. The van der Waals surface area contributed by atoms with Gasteiger partial charge in [0.25, 0.3) is 5.91 Å². The van der Waals surface area contributed by atoms with Crippen LogP contribution in [0.4, 0.5) is 0 Å². The molecule has 1 saturated heterocycles. The van der Waals surface area contributed by atoms with Crippen LogP contribution in [0.5, 0.6) is 0 Å². The lowest BCUT2D eigenvalue weighted by Crippen LogP contribution is -2.40. The second-order valence-electron chi connectivity index (χ2n) is 3.90. The highest BCUT2D eigenvalue weighted by Gasteiger charge is 2.20. The number of nitrogens with zero attached hydrogens (tertiary/aromatic N) is 3. The standard InChI is InChI=1S/C11H12N4O2/c16-11(15-3-5-17-6-4-15)8-1-2-12-10-9(8)7-13-14-10/h1-2,7H,3-6H2,(H,12,13,14). The maximum atomic E-state index is 12.3. The van der Waals surface area contributed by atoms with Gasteiger partial charge in [0.1, 0.15) is 0 Å². The number of hydrogen-bond acceptors (Lipinski definition) is 4. The average Bonchev–Trinajstić information content (AvgIpc) is 2.87. The van der Waals surface area contributed by atoms with E-state index in [4.69, 9.17) is 4.74 Å². The lowest BCUT2D eigenvalue weighted by atomic mass is 10.1. The van der Waals surface area contributed by atoms with Crippen molar-refractivity contribution < 1.29 is 9.53 Å². The summed E-state index contributed by atoms with van der Waals surface area (Å²) in [6, 6.07) is 1.73. The van der Waals surface area contributed by atoms with Crippen molar-refractivity contribution in [3.8, 4) is 0 Å². The SMILES string of the molecule is O=C(c1ccnc2[nH]ncc12)N1CCOCC1. The molecule has 1 fully saturated rings. The first-order chi connectivity index (χ1) is 8.36. The first-order valence-electron chi connectivity index (χ1n) is 5.51. The Bertz CT molecular complexity index is 545. The average molecular weight is 232 g/mol. The van der Waals surface area contributed by atoms with Crippen LogP contribution in [0.3, 0.4) is 0 Å². The Kier molecular flexibility index (Phi) is 2.49. The Morgan fingerprint density at radius 1 is 1.41 bits per heavy atom. The van der Waals surface area contributed by atoms with Crippen molar-refractivity contribution in [1.82, 2.24) is 20.1 Å². The van der Waals surface area contributed by atoms with E-state index in [0.29, 0.717) is 37.5 Å². The smallest absolute Gasteiger partial charge is 0.254 e. The van der Waals surface area contributed by atoms with Gasteiger partial charge in [-0.3, -0.25) is 9.89 Å². The maximum absolute atomic E-state index is 12.3. The molecule has 88 valence electrons. The summed E-state index contributed by atoms with van der Waals surface area (Å²) in [7, 11) is 0. The van der Waals surface area contributed by atoms with Crippen LogP contribution < -0.4 is 0 Å². The van der Waals surface area contributed by atoms with Crippen LogP contribution >= 0.6 is 0 Å². The van der Waals surface area contributed by atoms with Gasteiger partial charge < -0.3 is 9.64 Å². The molecule has 17 heavy (non-hydrogen) atoms. The van der Waals surface area contributed by atoms with Crippen molar-refractivity contribution in [2.45, 2.75) is 0 Å². The zero-order valence-electron chi connectivity index (χ0n) is 9.22. The summed E-state index contributed by atoms with van der Waals surface area (Å²) >= 11 is 0. The van der Waals surface area contributed by atoms with Crippen LogP contribution in [-0.2, 0) is 4.74 Å². The van der Waals surface area contributed by atoms with Gasteiger partial charge in [-0.15, -0.1) is 0 Å². The topological polar surface area (TPSA) is 71.1 Å². The molecule has 0 spiro atoms. The Morgan fingerprint density at radius 3 is 3.06 bits per heavy atom. The van der Waals surface area contributed by atoms with E-state index in [1.54, 1.807) is 23.4 Å². The first-order valence-corrected chi connectivity index (χ1v) is 5.51. The second kappa shape index (κ2) is 4.14. The van der Waals surface area contributed by atoms with Gasteiger partial charge in [-0.05, 0) is 6.07 Å². The van der Waals surface area contributed by atoms with Crippen molar-refractivity contribution in [3.63, 3.8) is 0 Å². The van der Waals surface area contributed by atoms with Crippen LogP contribution in [-0.4, -0.2) is 52.3 Å². The minimum Gasteiger partial charge on any atom is -0.378 e. The van der Waals surface area contributed by atoms with Gasteiger partial charge in [-0.25, -0.2) is 4.98 Å².